The van der Waals surface area contributed by atoms with Crippen molar-refractivity contribution in [1.82, 2.24) is 14.5 Å². The Kier molecular flexibility index (Phi) is 3.38. The van der Waals surface area contributed by atoms with Crippen LogP contribution >= 0.6 is 0 Å². The second kappa shape index (κ2) is 5.36. The van der Waals surface area contributed by atoms with Crippen LogP contribution < -0.4 is 15.0 Å². The second-order valence-electron chi connectivity index (χ2n) is 4.48. The van der Waals surface area contributed by atoms with E-state index in [1.54, 1.807) is 24.3 Å². The minimum Gasteiger partial charge on any atom is -0.494 e. The lowest BCUT2D eigenvalue weighted by Crippen LogP contribution is -2.20. The third-order valence-corrected chi connectivity index (χ3v) is 3.20. The van der Waals surface area contributed by atoms with E-state index >= 15 is 0 Å². The van der Waals surface area contributed by atoms with Gasteiger partial charge in [-0.15, -0.1) is 0 Å². The largest absolute Gasteiger partial charge is 0.494 e. The van der Waals surface area contributed by atoms with Crippen LogP contribution in [0.2, 0.25) is 0 Å². The minimum absolute atomic E-state index is 0.0237. The van der Waals surface area contributed by atoms with Crippen LogP contribution in [-0.2, 0) is 0 Å². The lowest BCUT2D eigenvalue weighted by atomic mass is 10.2. The van der Waals surface area contributed by atoms with E-state index in [1.165, 1.54) is 26.4 Å². The van der Waals surface area contributed by atoms with Crippen molar-refractivity contribution in [2.75, 3.05) is 14.2 Å². The molecule has 7 nitrogen and oxygen atoms in total. The summed E-state index contributed by atoms with van der Waals surface area (Å²) in [6.07, 6.45) is 0. The van der Waals surface area contributed by atoms with Crippen molar-refractivity contribution in [3.05, 3.63) is 46.8 Å². The van der Waals surface area contributed by atoms with Gasteiger partial charge in [0.1, 0.15) is 0 Å². The van der Waals surface area contributed by atoms with Gasteiger partial charge in [-0.1, -0.05) is 18.2 Å². The maximum atomic E-state index is 12.3. The molecule has 0 unspecified atom stereocenters. The molecule has 112 valence electrons. The molecule has 1 N–H and O–H groups in total. The van der Waals surface area contributed by atoms with Crippen LogP contribution in [0, 0.1) is 0 Å². The summed E-state index contributed by atoms with van der Waals surface area (Å²) in [5.74, 6) is 0.186. The quantitative estimate of drug-likeness (QED) is 0.788. The number of methoxy groups -OCH3 is 2. The van der Waals surface area contributed by atoms with E-state index in [0.717, 1.165) is 4.57 Å². The molecule has 0 bridgehead atoms. The van der Waals surface area contributed by atoms with Crippen molar-refractivity contribution in [2.45, 2.75) is 0 Å². The molecule has 0 aliphatic carbocycles. The Morgan fingerprint density at radius 2 is 1.68 bits per heavy atom. The zero-order chi connectivity index (χ0) is 15.7. The summed E-state index contributed by atoms with van der Waals surface area (Å²) in [5, 5.41) is 11.6. The average Bonchev–Trinajstić information content (AvgIpc) is 2.54. The highest BCUT2D eigenvalue weighted by atomic mass is 16.5. The van der Waals surface area contributed by atoms with Crippen molar-refractivity contribution in [3.63, 3.8) is 0 Å². The topological polar surface area (TPSA) is 86.5 Å². The number of hydrogen-bond donors (Lipinski definition) is 1. The van der Waals surface area contributed by atoms with Crippen LogP contribution in [0.15, 0.2) is 41.2 Å². The van der Waals surface area contributed by atoms with E-state index in [4.69, 9.17) is 9.47 Å². The minimum atomic E-state index is -0.452. The molecule has 22 heavy (non-hydrogen) atoms. The second-order valence-corrected chi connectivity index (χ2v) is 4.48. The fourth-order valence-corrected chi connectivity index (χ4v) is 2.14. The number of fused-ring (bicyclic) bond motifs is 1. The lowest BCUT2D eigenvalue weighted by Gasteiger charge is -2.11. The van der Waals surface area contributed by atoms with Gasteiger partial charge in [0.15, 0.2) is 0 Å². The monoisotopic (exact) mass is 299 g/mol. The predicted molar refractivity (Wildman–Crippen MR) is 79.9 cm³/mol. The molecule has 0 aliphatic rings. The van der Waals surface area contributed by atoms with Crippen LogP contribution in [0.25, 0.3) is 16.7 Å². The number of rotatable bonds is 3. The molecule has 0 saturated heterocycles. The third kappa shape index (κ3) is 2.22. The number of benzene rings is 1. The molecule has 0 aliphatic heterocycles. The van der Waals surface area contributed by atoms with Gasteiger partial charge in [-0.25, -0.2) is 4.57 Å². The van der Waals surface area contributed by atoms with Crippen LogP contribution in [0.3, 0.4) is 0 Å². The molecule has 0 amide bonds. The number of pyridine rings is 1. The van der Waals surface area contributed by atoms with Gasteiger partial charge >= 0.3 is 0 Å². The average molecular weight is 299 g/mol. The number of hydrogen-bond acceptors (Lipinski definition) is 6. The SMILES string of the molecule is COc1cc(OC)nc(-n2c(O)c3ccccc3cc2=O)n1. The van der Waals surface area contributed by atoms with Crippen LogP contribution in [0.1, 0.15) is 0 Å². The highest BCUT2D eigenvalue weighted by Crippen LogP contribution is 2.25. The maximum absolute atomic E-state index is 12.3. The summed E-state index contributed by atoms with van der Waals surface area (Å²) in [5.41, 5.74) is -0.452. The first-order valence-electron chi connectivity index (χ1n) is 6.45. The summed E-state index contributed by atoms with van der Waals surface area (Å²) in [6, 6.07) is 9.89. The molecule has 2 aromatic heterocycles. The van der Waals surface area contributed by atoms with E-state index in [9.17, 15) is 9.90 Å². The smallest absolute Gasteiger partial charge is 0.260 e. The Bertz CT molecular complexity index is 883. The molecule has 0 radical (unpaired) electrons. The molecule has 2 heterocycles. The fourth-order valence-electron chi connectivity index (χ4n) is 2.14. The van der Waals surface area contributed by atoms with Gasteiger partial charge in [0, 0.05) is 11.5 Å². The molecule has 0 atom stereocenters. The predicted octanol–water partition coefficient (Wildman–Crippen LogP) is 1.50. The molecule has 0 fully saturated rings. The van der Waals surface area contributed by atoms with Gasteiger partial charge in [-0.05, 0) is 11.5 Å². The number of nitrogens with zero attached hydrogens (tertiary/aromatic N) is 3. The van der Waals surface area contributed by atoms with Crippen molar-refractivity contribution in [2.24, 2.45) is 0 Å². The normalized spacial score (nSPS) is 10.6. The van der Waals surface area contributed by atoms with Gasteiger partial charge in [0.25, 0.3) is 5.56 Å². The van der Waals surface area contributed by atoms with Crippen molar-refractivity contribution >= 4 is 10.8 Å². The van der Waals surface area contributed by atoms with Gasteiger partial charge in [0.05, 0.1) is 20.3 Å². The lowest BCUT2D eigenvalue weighted by molar-refractivity contribution is 0.368. The summed E-state index contributed by atoms with van der Waals surface area (Å²) >= 11 is 0. The number of ether oxygens (including phenoxy) is 2. The number of aromatic hydroxyl groups is 1. The van der Waals surface area contributed by atoms with Gasteiger partial charge in [-0.3, -0.25) is 4.79 Å². The Balaban J connectivity index is 2.33. The molecule has 7 heteroatoms. The molecule has 3 aromatic rings. The van der Waals surface area contributed by atoms with Crippen molar-refractivity contribution in [3.8, 4) is 23.6 Å². The van der Waals surface area contributed by atoms with Gasteiger partial charge in [-0.2, -0.15) is 9.97 Å². The van der Waals surface area contributed by atoms with E-state index in [-0.39, 0.29) is 23.6 Å². The first kappa shape index (κ1) is 13.9. The Morgan fingerprint density at radius 3 is 2.32 bits per heavy atom. The van der Waals surface area contributed by atoms with E-state index in [2.05, 4.69) is 9.97 Å². The van der Waals surface area contributed by atoms with Crippen molar-refractivity contribution < 1.29 is 14.6 Å². The summed E-state index contributed by atoms with van der Waals surface area (Å²) in [4.78, 5) is 20.5. The zero-order valence-electron chi connectivity index (χ0n) is 12.0. The van der Waals surface area contributed by atoms with E-state index < -0.39 is 5.56 Å². The highest BCUT2D eigenvalue weighted by molar-refractivity contribution is 5.86. The third-order valence-electron chi connectivity index (χ3n) is 3.20. The van der Waals surface area contributed by atoms with Gasteiger partial charge < -0.3 is 14.6 Å². The molecule has 0 spiro atoms. The maximum Gasteiger partial charge on any atom is 0.260 e. The molecule has 1 aromatic carbocycles. The standard InChI is InChI=1S/C15H13N3O4/c1-21-11-8-12(22-2)17-15(16-11)18-13(19)7-9-5-3-4-6-10(9)14(18)20/h3-8,20H,1-2H3. The Labute approximate surface area is 125 Å². The van der Waals surface area contributed by atoms with Crippen LogP contribution in [-0.4, -0.2) is 33.9 Å². The van der Waals surface area contributed by atoms with Crippen LogP contribution in [0.5, 0.6) is 17.6 Å². The molecule has 0 saturated carbocycles. The van der Waals surface area contributed by atoms with E-state index in [1.807, 2.05) is 0 Å². The summed E-state index contributed by atoms with van der Waals surface area (Å²) < 4.78 is 11.1. The first-order chi connectivity index (χ1) is 10.6. The molecular weight excluding hydrogens is 286 g/mol. The highest BCUT2D eigenvalue weighted by Gasteiger charge is 2.15. The molecule has 3 rings (SSSR count). The Morgan fingerprint density at radius 1 is 1.05 bits per heavy atom. The molecular formula is C15H13N3O4. The zero-order valence-corrected chi connectivity index (χ0v) is 12.0. The van der Waals surface area contributed by atoms with E-state index in [0.29, 0.717) is 10.8 Å². The fraction of sp³-hybridized carbons (Fsp3) is 0.133. The summed E-state index contributed by atoms with van der Waals surface area (Å²) in [6.45, 7) is 0. The van der Waals surface area contributed by atoms with Crippen molar-refractivity contribution in [1.29, 1.82) is 0 Å². The van der Waals surface area contributed by atoms with Crippen LogP contribution in [0.4, 0.5) is 0 Å². The first-order valence-corrected chi connectivity index (χ1v) is 6.45. The Hall–Kier alpha value is -3.09. The number of aromatic nitrogens is 3. The van der Waals surface area contributed by atoms with Gasteiger partial charge in [0.2, 0.25) is 23.6 Å². The summed E-state index contributed by atoms with van der Waals surface area (Å²) in [7, 11) is 2.88.